The number of piperazine rings is 1. The number of hydrogen-bond donors (Lipinski definition) is 3. The Morgan fingerprint density at radius 1 is 1.07 bits per heavy atom. The summed E-state index contributed by atoms with van der Waals surface area (Å²) in [6, 6.07) is 20.9. The van der Waals surface area contributed by atoms with Gasteiger partial charge in [-0.1, -0.05) is 30.3 Å². The molecule has 0 amide bonds. The molecule has 0 radical (unpaired) electrons. The molecule has 0 aliphatic carbocycles. The molecular weight excluding hydrogens is 372 g/mol. The van der Waals surface area contributed by atoms with Crippen molar-refractivity contribution in [3.8, 4) is 16.9 Å². The first-order valence-corrected chi connectivity index (χ1v) is 10.7. The second-order valence-electron chi connectivity index (χ2n) is 8.00. The van der Waals surface area contributed by atoms with Crippen LogP contribution in [-0.2, 0) is 13.0 Å². The molecule has 4 rings (SSSR count). The largest absolute Gasteiger partial charge is 0.508 e. The number of aromatic nitrogens is 1. The lowest BCUT2D eigenvalue weighted by atomic mass is 10.0. The zero-order valence-electron chi connectivity index (χ0n) is 17.5. The Bertz CT molecular complexity index is 957. The first-order valence-electron chi connectivity index (χ1n) is 10.7. The van der Waals surface area contributed by atoms with E-state index in [2.05, 4.69) is 63.8 Å². The highest BCUT2D eigenvalue weighted by atomic mass is 16.3. The first kappa shape index (κ1) is 20.4. The lowest BCUT2D eigenvalue weighted by molar-refractivity contribution is 0.165. The van der Waals surface area contributed by atoms with Crippen LogP contribution in [0.3, 0.4) is 0 Å². The molecule has 1 aromatic heterocycles. The number of benzene rings is 2. The Labute approximate surface area is 178 Å². The predicted octanol–water partition coefficient (Wildman–Crippen LogP) is 3.90. The number of aromatic hydroxyl groups is 1. The molecule has 3 aromatic rings. The molecule has 0 bridgehead atoms. The van der Waals surface area contributed by atoms with E-state index in [0.29, 0.717) is 11.8 Å². The summed E-state index contributed by atoms with van der Waals surface area (Å²) in [4.78, 5) is 7.01. The summed E-state index contributed by atoms with van der Waals surface area (Å²) in [5, 5.41) is 16.3. The summed E-state index contributed by atoms with van der Waals surface area (Å²) in [6.45, 7) is 7.28. The van der Waals surface area contributed by atoms with Gasteiger partial charge in [-0.25, -0.2) is 4.98 Å². The Morgan fingerprint density at radius 2 is 1.90 bits per heavy atom. The minimum atomic E-state index is 0.301. The molecule has 2 aromatic carbocycles. The molecule has 0 saturated carbocycles. The summed E-state index contributed by atoms with van der Waals surface area (Å²) in [5.74, 6) is 1.18. The molecule has 1 unspecified atom stereocenters. The number of anilines is 1. The van der Waals surface area contributed by atoms with E-state index in [4.69, 9.17) is 0 Å². The molecule has 2 heterocycles. The fourth-order valence-electron chi connectivity index (χ4n) is 3.91. The summed E-state index contributed by atoms with van der Waals surface area (Å²) in [6.07, 6.45) is 2.74. The maximum Gasteiger partial charge on any atom is 0.126 e. The topological polar surface area (TPSA) is 60.4 Å². The third-order valence-corrected chi connectivity index (χ3v) is 5.70. The van der Waals surface area contributed by atoms with Gasteiger partial charge in [-0.15, -0.1) is 0 Å². The van der Waals surface area contributed by atoms with Gasteiger partial charge in [0.05, 0.1) is 0 Å². The number of nitrogens with one attached hydrogen (secondary N) is 2. The molecule has 1 saturated heterocycles. The van der Waals surface area contributed by atoms with Crippen LogP contribution in [0.5, 0.6) is 5.75 Å². The average molecular weight is 403 g/mol. The molecule has 5 nitrogen and oxygen atoms in total. The maximum absolute atomic E-state index is 9.39. The van der Waals surface area contributed by atoms with Gasteiger partial charge in [-0.2, -0.15) is 0 Å². The van der Waals surface area contributed by atoms with Gasteiger partial charge in [0.1, 0.15) is 11.6 Å². The predicted molar refractivity (Wildman–Crippen MR) is 123 cm³/mol. The molecular formula is C25H30N4O. The van der Waals surface area contributed by atoms with Gasteiger partial charge in [0.15, 0.2) is 0 Å². The number of nitrogens with zero attached hydrogens (tertiary/aromatic N) is 2. The van der Waals surface area contributed by atoms with Crippen molar-refractivity contribution in [2.24, 2.45) is 0 Å². The highest BCUT2D eigenvalue weighted by Gasteiger charge is 2.17. The minimum absolute atomic E-state index is 0.301. The van der Waals surface area contributed by atoms with E-state index in [1.165, 1.54) is 22.3 Å². The monoisotopic (exact) mass is 402 g/mol. The van der Waals surface area contributed by atoms with Gasteiger partial charge < -0.3 is 15.7 Å². The van der Waals surface area contributed by atoms with E-state index in [-0.39, 0.29) is 0 Å². The highest BCUT2D eigenvalue weighted by molar-refractivity contribution is 5.66. The number of phenols is 1. The molecule has 1 atom stereocenters. The molecule has 1 aliphatic heterocycles. The van der Waals surface area contributed by atoms with Crippen molar-refractivity contribution >= 4 is 5.82 Å². The van der Waals surface area contributed by atoms with Crippen LogP contribution in [0, 0.1) is 0 Å². The normalized spacial score (nSPS) is 17.0. The van der Waals surface area contributed by atoms with Crippen LogP contribution in [0.15, 0.2) is 66.9 Å². The number of phenolic OH excluding ortho intramolecular Hbond substituents is 1. The fourth-order valence-corrected chi connectivity index (χ4v) is 3.91. The summed E-state index contributed by atoms with van der Waals surface area (Å²) in [7, 11) is 0. The molecule has 1 aliphatic rings. The zero-order valence-corrected chi connectivity index (χ0v) is 17.5. The van der Waals surface area contributed by atoms with Crippen LogP contribution in [0.2, 0.25) is 0 Å². The van der Waals surface area contributed by atoms with E-state index in [1.807, 2.05) is 18.3 Å². The SMILES string of the molecule is CC1CNCCN1Cc1cccc(-c2ccnc(NCCc3ccc(O)cc3)c2)c1. The van der Waals surface area contributed by atoms with E-state index in [0.717, 1.165) is 45.0 Å². The van der Waals surface area contributed by atoms with Gasteiger partial charge in [-0.05, 0) is 65.9 Å². The summed E-state index contributed by atoms with van der Waals surface area (Å²) < 4.78 is 0. The van der Waals surface area contributed by atoms with Gasteiger partial charge in [-0.3, -0.25) is 4.90 Å². The Kier molecular flexibility index (Phi) is 6.62. The van der Waals surface area contributed by atoms with Crippen molar-refractivity contribution in [3.63, 3.8) is 0 Å². The van der Waals surface area contributed by atoms with Crippen LogP contribution in [0.25, 0.3) is 11.1 Å². The standard InChI is InChI=1S/C25H30N4O/c1-19-17-26-13-14-29(19)18-21-3-2-4-22(15-21)23-10-12-28-25(16-23)27-11-9-20-5-7-24(30)8-6-20/h2-8,10,12,15-16,19,26,30H,9,11,13-14,17-18H2,1H3,(H,27,28). The first-order chi connectivity index (χ1) is 14.7. The maximum atomic E-state index is 9.39. The molecule has 3 N–H and O–H groups in total. The fraction of sp³-hybridized carbons (Fsp3) is 0.320. The van der Waals surface area contributed by atoms with Gasteiger partial charge in [0, 0.05) is 45.0 Å². The molecule has 30 heavy (non-hydrogen) atoms. The van der Waals surface area contributed by atoms with Crippen molar-refractivity contribution in [1.82, 2.24) is 15.2 Å². The quantitative estimate of drug-likeness (QED) is 0.560. The van der Waals surface area contributed by atoms with Gasteiger partial charge >= 0.3 is 0 Å². The highest BCUT2D eigenvalue weighted by Crippen LogP contribution is 2.23. The molecule has 1 fully saturated rings. The van der Waals surface area contributed by atoms with Crippen LogP contribution < -0.4 is 10.6 Å². The Morgan fingerprint density at radius 3 is 2.73 bits per heavy atom. The number of rotatable bonds is 7. The lowest BCUT2D eigenvalue weighted by Crippen LogP contribution is -2.49. The lowest BCUT2D eigenvalue weighted by Gasteiger charge is -2.34. The van der Waals surface area contributed by atoms with E-state index < -0.39 is 0 Å². The molecule has 5 heteroatoms. The molecule has 156 valence electrons. The van der Waals surface area contributed by atoms with Crippen LogP contribution in [0.4, 0.5) is 5.82 Å². The van der Waals surface area contributed by atoms with Gasteiger partial charge in [0.2, 0.25) is 0 Å². The van der Waals surface area contributed by atoms with Crippen molar-refractivity contribution in [3.05, 3.63) is 78.0 Å². The number of pyridine rings is 1. The zero-order chi connectivity index (χ0) is 20.8. The van der Waals surface area contributed by atoms with Crippen LogP contribution in [0.1, 0.15) is 18.1 Å². The van der Waals surface area contributed by atoms with E-state index in [1.54, 1.807) is 12.1 Å². The van der Waals surface area contributed by atoms with Gasteiger partial charge in [0.25, 0.3) is 0 Å². The van der Waals surface area contributed by atoms with Crippen molar-refractivity contribution in [1.29, 1.82) is 0 Å². The Balaban J connectivity index is 1.39. The van der Waals surface area contributed by atoms with Crippen molar-refractivity contribution < 1.29 is 5.11 Å². The third-order valence-electron chi connectivity index (χ3n) is 5.70. The second kappa shape index (κ2) is 9.74. The summed E-state index contributed by atoms with van der Waals surface area (Å²) in [5.41, 5.74) is 4.93. The van der Waals surface area contributed by atoms with E-state index >= 15 is 0 Å². The Hall–Kier alpha value is -2.89. The van der Waals surface area contributed by atoms with Crippen molar-refractivity contribution in [2.45, 2.75) is 25.9 Å². The van der Waals surface area contributed by atoms with E-state index in [9.17, 15) is 5.11 Å². The minimum Gasteiger partial charge on any atom is -0.508 e. The number of hydrogen-bond acceptors (Lipinski definition) is 5. The third kappa shape index (κ3) is 5.38. The molecule has 0 spiro atoms. The van der Waals surface area contributed by atoms with Crippen LogP contribution >= 0.6 is 0 Å². The van der Waals surface area contributed by atoms with Crippen LogP contribution in [-0.4, -0.2) is 47.2 Å². The smallest absolute Gasteiger partial charge is 0.126 e. The summed E-state index contributed by atoms with van der Waals surface area (Å²) >= 11 is 0. The van der Waals surface area contributed by atoms with Crippen molar-refractivity contribution in [2.75, 3.05) is 31.5 Å². The average Bonchev–Trinajstić information content (AvgIpc) is 2.77. The second-order valence-corrected chi connectivity index (χ2v) is 8.00.